The molecule has 2 N–H and O–H groups in total. The van der Waals surface area contributed by atoms with Gasteiger partial charge in [-0.05, 0) is 41.5 Å². The predicted octanol–water partition coefficient (Wildman–Crippen LogP) is 3.79. The molecule has 0 aliphatic carbocycles. The smallest absolute Gasteiger partial charge is 0.228 e. The minimum atomic E-state index is -0.217. The van der Waals surface area contributed by atoms with Gasteiger partial charge in [0, 0.05) is 29.7 Å². The first-order valence-corrected chi connectivity index (χ1v) is 9.43. The minimum absolute atomic E-state index is 0.217. The van der Waals surface area contributed by atoms with Gasteiger partial charge in [0.1, 0.15) is 11.6 Å². The fraction of sp³-hybridized carbons (Fsp3) is 0.190. The van der Waals surface area contributed by atoms with Crippen molar-refractivity contribution in [1.82, 2.24) is 20.2 Å². The Balaban J connectivity index is 1.36. The van der Waals surface area contributed by atoms with Crippen LogP contribution in [0.4, 0.5) is 21.8 Å². The molecule has 8 heteroatoms. The highest BCUT2D eigenvalue weighted by atomic mass is 19.1. The van der Waals surface area contributed by atoms with Gasteiger partial charge in [-0.2, -0.15) is 10.1 Å². The van der Waals surface area contributed by atoms with Crippen LogP contribution in [0.15, 0.2) is 42.6 Å². The highest BCUT2D eigenvalue weighted by molar-refractivity contribution is 5.83. The van der Waals surface area contributed by atoms with E-state index < -0.39 is 0 Å². The van der Waals surface area contributed by atoms with Crippen molar-refractivity contribution in [2.75, 3.05) is 10.2 Å². The fourth-order valence-electron chi connectivity index (χ4n) is 3.94. The minimum Gasteiger partial charge on any atom is -0.370 e. The molecule has 2 aliphatic heterocycles. The Morgan fingerprint density at radius 2 is 1.97 bits per heavy atom. The molecule has 0 atom stereocenters. The lowest BCUT2D eigenvalue weighted by Gasteiger charge is -2.18. The third-order valence-corrected chi connectivity index (χ3v) is 5.44. The van der Waals surface area contributed by atoms with Crippen LogP contribution in [0, 0.1) is 5.82 Å². The quantitative estimate of drug-likeness (QED) is 0.556. The first-order valence-electron chi connectivity index (χ1n) is 9.43. The molecule has 7 nitrogen and oxygen atoms in total. The summed E-state index contributed by atoms with van der Waals surface area (Å²) in [5.41, 5.74) is 5.85. The van der Waals surface area contributed by atoms with Gasteiger partial charge in [-0.15, -0.1) is 0 Å². The summed E-state index contributed by atoms with van der Waals surface area (Å²) in [6, 6.07) is 10.9. The van der Waals surface area contributed by atoms with Gasteiger partial charge in [0.05, 0.1) is 30.6 Å². The maximum Gasteiger partial charge on any atom is 0.228 e. The number of aromatic amines is 1. The number of anilines is 3. The Morgan fingerprint density at radius 1 is 1.03 bits per heavy atom. The molecule has 0 radical (unpaired) electrons. The summed E-state index contributed by atoms with van der Waals surface area (Å²) in [6.45, 7) is 2.20. The molecule has 0 fully saturated rings. The second-order valence-electron chi connectivity index (χ2n) is 7.36. The van der Waals surface area contributed by atoms with Crippen LogP contribution >= 0.6 is 0 Å². The average Bonchev–Trinajstić information content (AvgIpc) is 3.45. The first-order chi connectivity index (χ1) is 14.2. The van der Waals surface area contributed by atoms with Gasteiger partial charge in [-0.1, -0.05) is 6.07 Å². The zero-order valence-corrected chi connectivity index (χ0v) is 15.4. The van der Waals surface area contributed by atoms with Gasteiger partial charge in [-0.3, -0.25) is 5.10 Å². The van der Waals surface area contributed by atoms with Crippen molar-refractivity contribution in [3.05, 3.63) is 70.8 Å². The molecule has 2 aromatic heterocycles. The number of hydrogen-bond donors (Lipinski definition) is 2. The zero-order chi connectivity index (χ0) is 19.4. The van der Waals surface area contributed by atoms with Crippen molar-refractivity contribution in [3.63, 3.8) is 0 Å². The van der Waals surface area contributed by atoms with Crippen LogP contribution in [0.25, 0.3) is 10.9 Å². The van der Waals surface area contributed by atoms with Crippen molar-refractivity contribution >= 4 is 28.4 Å². The second-order valence-corrected chi connectivity index (χ2v) is 7.36. The summed E-state index contributed by atoms with van der Waals surface area (Å²) in [5, 5.41) is 11.5. The SMILES string of the molecule is Fc1ccc2c(c1)CN(c1nc3c(c(Nc4ccc5[nH]ncc5c4)n1)COC3)C2. The van der Waals surface area contributed by atoms with Crippen LogP contribution in [0.2, 0.25) is 0 Å². The zero-order valence-electron chi connectivity index (χ0n) is 15.4. The number of halogens is 1. The number of nitrogens with one attached hydrogen (secondary N) is 2. The number of rotatable bonds is 3. The van der Waals surface area contributed by atoms with Crippen LogP contribution in [0.1, 0.15) is 22.4 Å². The molecule has 2 aromatic carbocycles. The van der Waals surface area contributed by atoms with Crippen LogP contribution in [-0.4, -0.2) is 20.2 Å². The summed E-state index contributed by atoms with van der Waals surface area (Å²) >= 11 is 0. The van der Waals surface area contributed by atoms with Gasteiger partial charge in [-0.25, -0.2) is 9.37 Å². The number of aromatic nitrogens is 4. The molecule has 0 saturated carbocycles. The van der Waals surface area contributed by atoms with E-state index in [0.29, 0.717) is 32.3 Å². The van der Waals surface area contributed by atoms with Crippen LogP contribution in [0.5, 0.6) is 0 Å². The van der Waals surface area contributed by atoms with E-state index in [2.05, 4.69) is 20.4 Å². The second kappa shape index (κ2) is 6.25. The van der Waals surface area contributed by atoms with E-state index >= 15 is 0 Å². The first kappa shape index (κ1) is 16.4. The van der Waals surface area contributed by atoms with Gasteiger partial charge < -0.3 is 15.0 Å². The van der Waals surface area contributed by atoms with E-state index in [-0.39, 0.29) is 5.82 Å². The molecule has 144 valence electrons. The molecule has 4 heterocycles. The van der Waals surface area contributed by atoms with Crippen molar-refractivity contribution < 1.29 is 9.13 Å². The molecule has 2 aliphatic rings. The molecular weight excluding hydrogens is 371 g/mol. The molecule has 0 bridgehead atoms. The summed E-state index contributed by atoms with van der Waals surface area (Å²) in [5.74, 6) is 1.15. The maximum atomic E-state index is 13.6. The van der Waals surface area contributed by atoms with Crippen LogP contribution in [0.3, 0.4) is 0 Å². The number of nitrogens with zero attached hydrogens (tertiary/aromatic N) is 4. The third-order valence-electron chi connectivity index (χ3n) is 5.44. The number of H-pyrrole nitrogens is 1. The number of ether oxygens (including phenoxy) is 1. The highest BCUT2D eigenvalue weighted by Crippen LogP contribution is 2.33. The van der Waals surface area contributed by atoms with E-state index in [1.54, 1.807) is 12.3 Å². The summed E-state index contributed by atoms with van der Waals surface area (Å²) in [4.78, 5) is 11.6. The Morgan fingerprint density at radius 3 is 2.93 bits per heavy atom. The number of hydrogen-bond acceptors (Lipinski definition) is 6. The van der Waals surface area contributed by atoms with Gasteiger partial charge in [0.15, 0.2) is 0 Å². The fourth-order valence-corrected chi connectivity index (χ4v) is 3.94. The lowest BCUT2D eigenvalue weighted by molar-refractivity contribution is 0.133. The molecule has 0 spiro atoms. The number of fused-ring (bicyclic) bond motifs is 3. The standard InChI is InChI=1S/C21H17FN6O/c22-15-2-1-12-8-28(9-14(12)5-15)21-25-19-11-29-10-17(19)20(26-21)24-16-3-4-18-13(6-16)7-23-27-18/h1-7H,8-11H2,(H,23,27)(H,24,25,26). The topological polar surface area (TPSA) is 79.0 Å². The van der Waals surface area contributed by atoms with Crippen molar-refractivity contribution in [2.45, 2.75) is 26.3 Å². The predicted molar refractivity (Wildman–Crippen MR) is 106 cm³/mol. The number of benzene rings is 2. The lowest BCUT2D eigenvalue weighted by atomic mass is 10.1. The lowest BCUT2D eigenvalue weighted by Crippen LogP contribution is -2.19. The Labute approximate surface area is 165 Å². The maximum absolute atomic E-state index is 13.6. The van der Waals surface area contributed by atoms with E-state index in [4.69, 9.17) is 14.7 Å². The molecule has 6 rings (SSSR count). The third kappa shape index (κ3) is 2.80. The largest absolute Gasteiger partial charge is 0.370 e. The molecule has 0 saturated heterocycles. The van der Waals surface area contributed by atoms with E-state index in [0.717, 1.165) is 44.8 Å². The highest BCUT2D eigenvalue weighted by Gasteiger charge is 2.26. The van der Waals surface area contributed by atoms with E-state index in [1.807, 2.05) is 24.3 Å². The van der Waals surface area contributed by atoms with Crippen LogP contribution in [-0.2, 0) is 31.0 Å². The monoisotopic (exact) mass is 388 g/mol. The molecule has 4 aromatic rings. The van der Waals surface area contributed by atoms with Gasteiger partial charge in [0.2, 0.25) is 5.95 Å². The van der Waals surface area contributed by atoms with Crippen molar-refractivity contribution in [3.8, 4) is 0 Å². The summed E-state index contributed by atoms with van der Waals surface area (Å²) in [6.07, 6.45) is 1.79. The van der Waals surface area contributed by atoms with Gasteiger partial charge in [0.25, 0.3) is 0 Å². The Bertz CT molecular complexity index is 1250. The summed E-state index contributed by atoms with van der Waals surface area (Å²) < 4.78 is 19.2. The molecule has 0 amide bonds. The van der Waals surface area contributed by atoms with Crippen molar-refractivity contribution in [2.24, 2.45) is 0 Å². The normalized spacial score (nSPS) is 15.0. The van der Waals surface area contributed by atoms with Crippen molar-refractivity contribution in [1.29, 1.82) is 0 Å². The summed E-state index contributed by atoms with van der Waals surface area (Å²) in [7, 11) is 0. The average molecular weight is 388 g/mol. The molecular formula is C21H17FN6O. The molecule has 29 heavy (non-hydrogen) atoms. The van der Waals surface area contributed by atoms with E-state index in [1.165, 1.54) is 6.07 Å². The molecule has 0 unspecified atom stereocenters. The van der Waals surface area contributed by atoms with Crippen LogP contribution < -0.4 is 10.2 Å². The van der Waals surface area contributed by atoms with E-state index in [9.17, 15) is 4.39 Å². The Hall–Kier alpha value is -3.52. The Kier molecular flexibility index (Phi) is 3.54. The van der Waals surface area contributed by atoms with Gasteiger partial charge >= 0.3 is 0 Å².